The van der Waals surface area contributed by atoms with Gasteiger partial charge < -0.3 is 25.9 Å². The third-order valence-corrected chi connectivity index (χ3v) is 1.29. The summed E-state index contributed by atoms with van der Waals surface area (Å²) in [5.41, 5.74) is -2.74. The van der Waals surface area contributed by atoms with Crippen LogP contribution in [0.15, 0.2) is 0 Å². The van der Waals surface area contributed by atoms with E-state index in [1.165, 1.54) is 0 Å². The zero-order valence-electron chi connectivity index (χ0n) is 9.93. The van der Waals surface area contributed by atoms with Gasteiger partial charge in [-0.15, -0.1) is 0 Å². The Morgan fingerprint density at radius 2 is 1.06 bits per heavy atom. The summed E-state index contributed by atoms with van der Waals surface area (Å²) in [5, 5.41) is 33.8. The van der Waals surface area contributed by atoms with E-state index in [0.717, 1.165) is 0 Å². The molecule has 0 aromatic heterocycles. The average molecular weight is 327 g/mol. The third-order valence-electron chi connectivity index (χ3n) is 1.29. The Balaban J connectivity index is -0.000000120. The fourth-order valence-electron chi connectivity index (χ4n) is 0.714. The number of rotatable bonds is 5. The first-order valence-corrected chi connectivity index (χ1v) is 3.17. The Bertz CT molecular complexity index is 240. The summed E-state index contributed by atoms with van der Waals surface area (Å²) >= 11 is 0. The van der Waals surface area contributed by atoms with Crippen LogP contribution in [0.2, 0.25) is 0 Å². The molecule has 0 fully saturated rings. The number of hydrogen-bond acceptors (Lipinski definition) is 4. The summed E-state index contributed by atoms with van der Waals surface area (Å²) in [6, 6.07) is 0. The van der Waals surface area contributed by atoms with Crippen LogP contribution < -0.4 is 0 Å². The summed E-state index contributed by atoms with van der Waals surface area (Å²) in [6.07, 6.45) is -2.29. The topological polar surface area (TPSA) is 164 Å². The molecule has 0 saturated carbocycles. The minimum Gasteiger partial charge on any atom is -0.481 e. The smallest absolute Gasteiger partial charge is 0.336 e. The Morgan fingerprint density at radius 3 is 1.18 bits per heavy atom. The molecule has 0 bridgehead atoms. The Labute approximate surface area is 224 Å². The second-order valence-electron chi connectivity index (χ2n) is 2.48. The van der Waals surface area contributed by atoms with Gasteiger partial charge in [-0.1, -0.05) is 0 Å². The van der Waals surface area contributed by atoms with Crippen molar-refractivity contribution in [2.75, 3.05) is 0 Å². The molecule has 85 valence electrons. The van der Waals surface area contributed by atoms with Gasteiger partial charge in [0.1, 0.15) is 0 Å². The van der Waals surface area contributed by atoms with Gasteiger partial charge in [0.15, 0.2) is 5.60 Å². The molecule has 0 aromatic rings. The molecule has 0 atom stereocenters. The predicted octanol–water partition coefficient (Wildman–Crippen LogP) is -3.22. The van der Waals surface area contributed by atoms with E-state index >= 15 is 0 Å². The van der Waals surface area contributed by atoms with Crippen molar-refractivity contribution >= 4 is 172 Å². The maximum absolute atomic E-state index is 10.3. The minimum absolute atomic E-state index is 0. The van der Waals surface area contributed by atoms with Gasteiger partial charge in [-0.05, 0) is 0 Å². The second kappa shape index (κ2) is 15.6. The molecule has 0 saturated heterocycles. The normalized spacial score (nSPS) is 8.29. The maximum atomic E-state index is 10.3. The molecule has 0 spiro atoms. The van der Waals surface area contributed by atoms with E-state index in [1.54, 1.807) is 0 Å². The first-order valence-electron chi connectivity index (χ1n) is 3.17. The molecule has 0 heterocycles. The monoisotopic (exact) mass is 327 g/mol. The van der Waals surface area contributed by atoms with E-state index < -0.39 is 36.4 Å². The van der Waals surface area contributed by atoms with Crippen molar-refractivity contribution in [3.05, 3.63) is 0 Å². The van der Waals surface area contributed by atoms with E-state index in [2.05, 4.69) is 0 Å². The van der Waals surface area contributed by atoms with Gasteiger partial charge in [0.25, 0.3) is 0 Å². The van der Waals surface area contributed by atoms with Gasteiger partial charge >= 0.3 is 17.9 Å². The molecule has 8 nitrogen and oxygen atoms in total. The standard InChI is InChI=1S/C6H8O7.3K.H2O/c7-3(8)1-6(13,5(11)12)2-4(9)10;;;;/h13H,1-2H2,(H,7,8)(H,9,10)(H,11,12);;;;1H2. The van der Waals surface area contributed by atoms with Crippen molar-refractivity contribution in [3.63, 3.8) is 0 Å². The van der Waals surface area contributed by atoms with Gasteiger partial charge in [-0.3, -0.25) is 9.59 Å². The van der Waals surface area contributed by atoms with Crippen LogP contribution in [0.1, 0.15) is 12.8 Å². The molecule has 0 amide bonds. The average Bonchev–Trinajstić information content (AvgIpc) is 1.82. The van der Waals surface area contributed by atoms with Crippen LogP contribution in [0.25, 0.3) is 0 Å². The predicted molar refractivity (Wildman–Crippen MR) is 58.0 cm³/mol. The van der Waals surface area contributed by atoms with Crippen LogP contribution in [-0.2, 0) is 14.4 Å². The summed E-state index contributed by atoms with van der Waals surface area (Å²) in [4.78, 5) is 30.5. The zero-order chi connectivity index (χ0) is 10.6. The van der Waals surface area contributed by atoms with E-state index in [0.29, 0.717) is 0 Å². The second-order valence-corrected chi connectivity index (χ2v) is 2.48. The van der Waals surface area contributed by atoms with Crippen LogP contribution in [0.4, 0.5) is 0 Å². The van der Waals surface area contributed by atoms with E-state index in [1.807, 2.05) is 0 Å². The minimum atomic E-state index is -2.74. The van der Waals surface area contributed by atoms with Crippen molar-refractivity contribution in [3.8, 4) is 0 Å². The molecule has 0 unspecified atom stereocenters. The van der Waals surface area contributed by atoms with Crippen LogP contribution >= 0.6 is 0 Å². The van der Waals surface area contributed by atoms with Gasteiger partial charge in [-0.25, -0.2) is 4.79 Å². The van der Waals surface area contributed by atoms with Crippen molar-refractivity contribution in [1.82, 2.24) is 0 Å². The number of carbonyl (C=O) groups is 3. The van der Waals surface area contributed by atoms with Crippen molar-refractivity contribution in [2.45, 2.75) is 18.4 Å². The first kappa shape index (κ1) is 32.3. The molecule has 0 aliphatic rings. The van der Waals surface area contributed by atoms with E-state index in [9.17, 15) is 14.4 Å². The van der Waals surface area contributed by atoms with Crippen molar-refractivity contribution in [2.24, 2.45) is 0 Å². The third kappa shape index (κ3) is 15.4. The Kier molecular flexibility index (Phi) is 29.6. The van der Waals surface area contributed by atoms with Crippen LogP contribution in [0.5, 0.6) is 0 Å². The molecular weight excluding hydrogens is 317 g/mol. The Morgan fingerprint density at radius 1 is 0.824 bits per heavy atom. The summed E-state index contributed by atoms with van der Waals surface area (Å²) in [7, 11) is 0. The first-order chi connectivity index (χ1) is 5.78. The number of carboxylic acids is 3. The Hall–Kier alpha value is 3.24. The molecule has 0 aliphatic heterocycles. The number of hydrogen-bond donors (Lipinski definition) is 4. The van der Waals surface area contributed by atoms with Crippen LogP contribution in [-0.4, -0.2) is 204 Å². The molecule has 0 aliphatic carbocycles. The van der Waals surface area contributed by atoms with Gasteiger partial charge in [0.2, 0.25) is 0 Å². The largest absolute Gasteiger partial charge is 0.481 e. The number of carboxylic acid groups (broad SMARTS) is 3. The molecule has 17 heavy (non-hydrogen) atoms. The van der Waals surface area contributed by atoms with E-state index in [-0.39, 0.29) is 160 Å². The molecule has 0 rings (SSSR count). The van der Waals surface area contributed by atoms with Crippen LogP contribution in [0, 0.1) is 0 Å². The van der Waals surface area contributed by atoms with Gasteiger partial charge in [0.05, 0.1) is 12.8 Å². The fraction of sp³-hybridized carbons (Fsp3) is 0.500. The molecular formula is C6H10K3O8. The van der Waals surface area contributed by atoms with Crippen molar-refractivity contribution < 1.29 is 40.3 Å². The fourth-order valence-corrected chi connectivity index (χ4v) is 0.714. The van der Waals surface area contributed by atoms with E-state index in [4.69, 9.17) is 20.4 Å². The molecule has 6 N–H and O–H groups in total. The van der Waals surface area contributed by atoms with Gasteiger partial charge in [-0.2, -0.15) is 0 Å². The number of aliphatic carboxylic acids is 3. The maximum Gasteiger partial charge on any atom is 0.336 e. The summed E-state index contributed by atoms with van der Waals surface area (Å²) in [5.74, 6) is -5.02. The molecule has 3 radical (unpaired) electrons. The summed E-state index contributed by atoms with van der Waals surface area (Å²) in [6.45, 7) is 0. The zero-order valence-corrected chi connectivity index (χ0v) is 19.3. The molecule has 0 aromatic carbocycles. The quantitative estimate of drug-likeness (QED) is 0.386. The van der Waals surface area contributed by atoms with Crippen molar-refractivity contribution in [1.29, 1.82) is 0 Å². The van der Waals surface area contributed by atoms with Crippen LogP contribution in [0.3, 0.4) is 0 Å². The SMILES string of the molecule is O.O=C(O)CC(O)(CC(=O)O)C(=O)O.[K].[K].[K]. The van der Waals surface area contributed by atoms with Gasteiger partial charge in [0, 0.05) is 154 Å². The summed E-state index contributed by atoms with van der Waals surface area (Å²) < 4.78 is 0. The number of aliphatic hydroxyl groups is 1. The molecule has 11 heteroatoms.